The van der Waals surface area contributed by atoms with E-state index >= 15 is 0 Å². The smallest absolute Gasteiger partial charge is 0.280 e. The summed E-state index contributed by atoms with van der Waals surface area (Å²) < 4.78 is 26.6. The van der Waals surface area contributed by atoms with Gasteiger partial charge in [0.1, 0.15) is 5.69 Å². The Kier molecular flexibility index (Phi) is 4.84. The van der Waals surface area contributed by atoms with E-state index in [1.165, 1.54) is 35.0 Å². The number of H-pyrrole nitrogens is 1. The third-order valence-corrected chi connectivity index (χ3v) is 5.42. The first-order valence-corrected chi connectivity index (χ1v) is 9.19. The molecule has 26 heavy (non-hydrogen) atoms. The fourth-order valence-corrected chi connectivity index (χ4v) is 3.72. The van der Waals surface area contributed by atoms with Crippen molar-refractivity contribution in [3.8, 4) is 0 Å². The van der Waals surface area contributed by atoms with Crippen LogP contribution >= 0.6 is 0 Å². The first kappa shape index (κ1) is 17.3. The van der Waals surface area contributed by atoms with Crippen LogP contribution in [0.3, 0.4) is 0 Å². The molecule has 2 aliphatic rings. The van der Waals surface area contributed by atoms with Crippen molar-refractivity contribution in [1.29, 1.82) is 0 Å². The highest BCUT2D eigenvalue weighted by Crippen LogP contribution is 2.40. The van der Waals surface area contributed by atoms with Gasteiger partial charge in [-0.05, 0) is 44.7 Å². The van der Waals surface area contributed by atoms with Gasteiger partial charge in [-0.3, -0.25) is 19.4 Å². The van der Waals surface area contributed by atoms with Gasteiger partial charge >= 0.3 is 0 Å². The fraction of sp³-hybridized carbons (Fsp3) is 0.611. The summed E-state index contributed by atoms with van der Waals surface area (Å²) in [6.07, 6.45) is 4.97. The second-order valence-corrected chi connectivity index (χ2v) is 7.41. The van der Waals surface area contributed by atoms with E-state index in [0.29, 0.717) is 18.4 Å². The number of nitrogens with one attached hydrogen (secondary N) is 1. The van der Waals surface area contributed by atoms with Crippen molar-refractivity contribution in [2.75, 3.05) is 13.1 Å². The number of aromatic nitrogens is 4. The highest BCUT2D eigenvalue weighted by atomic mass is 19.3. The van der Waals surface area contributed by atoms with Crippen molar-refractivity contribution in [3.63, 3.8) is 0 Å². The summed E-state index contributed by atoms with van der Waals surface area (Å²) in [6, 6.07) is 0.943. The molecule has 140 valence electrons. The molecule has 0 spiro atoms. The van der Waals surface area contributed by atoms with Crippen molar-refractivity contribution in [3.05, 3.63) is 45.9 Å². The zero-order valence-corrected chi connectivity index (χ0v) is 14.6. The Hall–Kier alpha value is -2.09. The molecule has 6 nitrogen and oxygen atoms in total. The van der Waals surface area contributed by atoms with Gasteiger partial charge in [0.15, 0.2) is 0 Å². The minimum atomic E-state index is -2.70. The van der Waals surface area contributed by atoms with Crippen LogP contribution in [-0.4, -0.2) is 37.7 Å². The zero-order valence-electron chi connectivity index (χ0n) is 14.6. The Balaban J connectivity index is 1.31. The molecule has 1 aliphatic carbocycles. The number of likely N-dealkylation sites (tertiary alicyclic amines) is 1. The monoisotopic (exact) mass is 363 g/mol. The summed E-state index contributed by atoms with van der Waals surface area (Å²) in [7, 11) is 0. The SMILES string of the molecule is O=c1cc(C(F)F)ncn1CC1CCN(Cc2cn[nH]c2C2CC2)CC1. The van der Waals surface area contributed by atoms with E-state index in [0.717, 1.165) is 38.5 Å². The lowest BCUT2D eigenvalue weighted by molar-refractivity contribution is 0.144. The zero-order chi connectivity index (χ0) is 18.1. The van der Waals surface area contributed by atoms with Gasteiger partial charge in [-0.2, -0.15) is 5.10 Å². The predicted molar refractivity (Wildman–Crippen MR) is 92.0 cm³/mol. The lowest BCUT2D eigenvalue weighted by Gasteiger charge is -2.32. The number of halogens is 2. The van der Waals surface area contributed by atoms with E-state index in [9.17, 15) is 13.6 Å². The van der Waals surface area contributed by atoms with E-state index in [4.69, 9.17) is 0 Å². The molecular weight excluding hydrogens is 340 g/mol. The van der Waals surface area contributed by atoms with E-state index < -0.39 is 17.7 Å². The molecule has 0 unspecified atom stereocenters. The Bertz CT molecular complexity index is 806. The largest absolute Gasteiger partial charge is 0.299 e. The van der Waals surface area contributed by atoms with Gasteiger partial charge in [-0.25, -0.2) is 13.8 Å². The molecule has 1 aliphatic heterocycles. The maximum absolute atomic E-state index is 12.6. The summed E-state index contributed by atoms with van der Waals surface area (Å²) in [4.78, 5) is 18.1. The van der Waals surface area contributed by atoms with Gasteiger partial charge in [0.05, 0.1) is 12.5 Å². The van der Waals surface area contributed by atoms with Crippen molar-refractivity contribution < 1.29 is 8.78 Å². The molecule has 4 rings (SSSR count). The van der Waals surface area contributed by atoms with Crippen molar-refractivity contribution in [2.24, 2.45) is 5.92 Å². The van der Waals surface area contributed by atoms with Gasteiger partial charge in [0.25, 0.3) is 12.0 Å². The summed E-state index contributed by atoms with van der Waals surface area (Å²) in [5, 5.41) is 7.34. The van der Waals surface area contributed by atoms with Crippen LogP contribution in [0.4, 0.5) is 8.78 Å². The van der Waals surface area contributed by atoms with E-state index in [2.05, 4.69) is 20.1 Å². The van der Waals surface area contributed by atoms with Gasteiger partial charge in [-0.15, -0.1) is 0 Å². The molecule has 1 saturated heterocycles. The Labute approximate surface area is 150 Å². The number of hydrogen-bond donors (Lipinski definition) is 1. The number of rotatable bonds is 6. The van der Waals surface area contributed by atoms with Crippen LogP contribution in [0.5, 0.6) is 0 Å². The molecule has 1 saturated carbocycles. The lowest BCUT2D eigenvalue weighted by Crippen LogP contribution is -2.36. The van der Waals surface area contributed by atoms with E-state index in [1.54, 1.807) is 0 Å². The van der Waals surface area contributed by atoms with Crippen molar-refractivity contribution in [2.45, 2.75) is 51.1 Å². The second kappa shape index (κ2) is 7.26. The number of piperidine rings is 1. The molecule has 8 heteroatoms. The Morgan fingerprint density at radius 1 is 1.23 bits per heavy atom. The Morgan fingerprint density at radius 3 is 2.65 bits per heavy atom. The number of alkyl halides is 2. The molecule has 1 N–H and O–H groups in total. The molecule has 0 radical (unpaired) electrons. The van der Waals surface area contributed by atoms with Gasteiger partial charge in [0.2, 0.25) is 0 Å². The van der Waals surface area contributed by atoms with Gasteiger partial charge < -0.3 is 0 Å². The summed E-state index contributed by atoms with van der Waals surface area (Å²) in [5.41, 5.74) is 1.75. The molecule has 0 bridgehead atoms. The minimum absolute atomic E-state index is 0.371. The van der Waals surface area contributed by atoms with Crippen LogP contribution < -0.4 is 5.56 Å². The average Bonchev–Trinajstić information content (AvgIpc) is 3.37. The molecule has 0 amide bonds. The van der Waals surface area contributed by atoms with Crippen LogP contribution in [0.15, 0.2) is 23.4 Å². The molecule has 2 fully saturated rings. The second-order valence-electron chi connectivity index (χ2n) is 7.41. The highest BCUT2D eigenvalue weighted by molar-refractivity contribution is 5.24. The third-order valence-electron chi connectivity index (χ3n) is 5.42. The van der Waals surface area contributed by atoms with E-state index in [1.807, 2.05) is 6.20 Å². The van der Waals surface area contributed by atoms with Gasteiger partial charge in [-0.1, -0.05) is 0 Å². The number of aromatic amines is 1. The third kappa shape index (κ3) is 3.85. The quantitative estimate of drug-likeness (QED) is 0.857. The predicted octanol–water partition coefficient (Wildman–Crippen LogP) is 2.69. The first-order chi connectivity index (χ1) is 12.6. The number of nitrogens with zero attached hydrogens (tertiary/aromatic N) is 4. The van der Waals surface area contributed by atoms with Gasteiger partial charge in [0, 0.05) is 36.3 Å². The highest BCUT2D eigenvalue weighted by Gasteiger charge is 2.29. The van der Waals surface area contributed by atoms with Crippen LogP contribution in [0.25, 0.3) is 0 Å². The standard InChI is InChI=1S/C18H23F2N5O/c19-18(20)15-7-16(26)25(11-21-15)9-12-3-5-24(6-4-12)10-14-8-22-23-17(14)13-1-2-13/h7-8,11-13,18H,1-6,9-10H2,(H,22,23). The minimum Gasteiger partial charge on any atom is -0.299 e. The van der Waals surface area contributed by atoms with Crippen molar-refractivity contribution in [1.82, 2.24) is 24.6 Å². The summed E-state index contributed by atoms with van der Waals surface area (Å²) >= 11 is 0. The normalized spacial score (nSPS) is 19.3. The lowest BCUT2D eigenvalue weighted by atomic mass is 9.96. The van der Waals surface area contributed by atoms with E-state index in [-0.39, 0.29) is 0 Å². The maximum atomic E-state index is 12.6. The van der Waals surface area contributed by atoms with Crippen LogP contribution in [-0.2, 0) is 13.1 Å². The molecule has 2 aromatic rings. The first-order valence-electron chi connectivity index (χ1n) is 9.19. The molecule has 2 aromatic heterocycles. The number of hydrogen-bond acceptors (Lipinski definition) is 4. The fourth-order valence-electron chi connectivity index (χ4n) is 3.72. The molecule has 0 aromatic carbocycles. The Morgan fingerprint density at radius 2 is 2.00 bits per heavy atom. The van der Waals surface area contributed by atoms with Crippen LogP contribution in [0.2, 0.25) is 0 Å². The summed E-state index contributed by atoms with van der Waals surface area (Å²) in [6.45, 7) is 3.40. The average molecular weight is 363 g/mol. The van der Waals surface area contributed by atoms with Crippen LogP contribution in [0, 0.1) is 5.92 Å². The van der Waals surface area contributed by atoms with Crippen LogP contribution in [0.1, 0.15) is 55.0 Å². The maximum Gasteiger partial charge on any atom is 0.280 e. The molecule has 3 heterocycles. The molecular formula is C18H23F2N5O. The molecule has 0 atom stereocenters. The van der Waals surface area contributed by atoms with Crippen molar-refractivity contribution >= 4 is 0 Å². The summed E-state index contributed by atoms with van der Waals surface area (Å²) in [5.74, 6) is 1.04. The topological polar surface area (TPSA) is 66.8 Å².